The number of nitrogens with two attached hydrogens (primary N) is 2. The number of carbonyl (C=O) groups is 1. The van der Waals surface area contributed by atoms with E-state index in [2.05, 4.69) is 5.10 Å². The highest BCUT2D eigenvalue weighted by molar-refractivity contribution is 5.93. The second-order valence-electron chi connectivity index (χ2n) is 9.66. The lowest BCUT2D eigenvalue weighted by atomic mass is 9.73. The number of amidine groups is 1. The minimum atomic E-state index is -5.21. The van der Waals surface area contributed by atoms with E-state index in [-0.39, 0.29) is 36.8 Å². The molecule has 232 valence electrons. The summed E-state index contributed by atoms with van der Waals surface area (Å²) in [6, 6.07) is 2.47. The van der Waals surface area contributed by atoms with Crippen molar-refractivity contribution in [2.24, 2.45) is 16.7 Å². The minimum Gasteiger partial charge on any atom is -0.449 e. The van der Waals surface area contributed by atoms with Crippen LogP contribution < -0.4 is 16.5 Å². The fraction of sp³-hybridized carbons (Fsp3) is 0.462. The number of hydrazine groups is 1. The lowest BCUT2D eigenvalue weighted by Crippen LogP contribution is -2.47. The van der Waals surface area contributed by atoms with Gasteiger partial charge in [0.2, 0.25) is 0 Å². The van der Waals surface area contributed by atoms with Gasteiger partial charge in [0, 0.05) is 19.0 Å². The molecule has 1 aliphatic rings. The fourth-order valence-corrected chi connectivity index (χ4v) is 5.09. The quantitative estimate of drug-likeness (QED) is 0.122. The van der Waals surface area contributed by atoms with Crippen molar-refractivity contribution in [3.63, 3.8) is 0 Å². The van der Waals surface area contributed by atoms with Crippen molar-refractivity contribution < 1.29 is 49.0 Å². The van der Waals surface area contributed by atoms with Gasteiger partial charge in [-0.1, -0.05) is 6.92 Å². The number of anilines is 1. The Balaban J connectivity index is 2.42. The molecule has 0 radical (unpaired) electrons. The number of hydrogen-bond acceptors (Lipinski definition) is 5. The molecule has 3 rings (SSSR count). The molecule has 4 N–H and O–H groups in total. The number of alkyl halides is 9. The molecular formula is C26H28F9N5O2. The third kappa shape index (κ3) is 7.02. The molecule has 42 heavy (non-hydrogen) atoms. The van der Waals surface area contributed by atoms with Crippen LogP contribution in [0.5, 0.6) is 0 Å². The van der Waals surface area contributed by atoms with Gasteiger partial charge in [-0.05, 0) is 67.3 Å². The Bertz CT molecular complexity index is 1290. The maximum Gasteiger partial charge on any atom is 0.416 e. The number of hydrogen-bond donors (Lipinski definition) is 2. The van der Waals surface area contributed by atoms with Gasteiger partial charge in [-0.2, -0.15) is 39.5 Å². The standard InChI is InChI=1S/C26H28F9N5O2/c1-4-17-12-19(18-11-14(24(27,28)29)6-7-20(18)40(17)23(41)42-5-2)21(22(36)38-39(3)37)13-8-15(25(30,31)32)10-16(9-13)26(33,34)35/h6-11,17,19,21H,4-5,12,37H2,1-3H3,(H2,36,38)/t17?,19?,21-/m0/s1. The molecule has 2 unspecified atom stereocenters. The molecule has 3 atom stereocenters. The highest BCUT2D eigenvalue weighted by Gasteiger charge is 2.44. The smallest absolute Gasteiger partial charge is 0.416 e. The molecule has 0 fully saturated rings. The predicted molar refractivity (Wildman–Crippen MR) is 135 cm³/mol. The summed E-state index contributed by atoms with van der Waals surface area (Å²) in [6.07, 6.45) is -16.2. The van der Waals surface area contributed by atoms with Crippen LogP contribution in [0.3, 0.4) is 0 Å². The maximum atomic E-state index is 13.8. The summed E-state index contributed by atoms with van der Waals surface area (Å²) in [6.45, 7) is 3.09. The number of fused-ring (bicyclic) bond motifs is 1. The number of nitrogens with zero attached hydrogens (tertiary/aromatic N) is 3. The molecule has 1 heterocycles. The van der Waals surface area contributed by atoms with E-state index >= 15 is 0 Å². The van der Waals surface area contributed by atoms with Crippen LogP contribution >= 0.6 is 0 Å². The van der Waals surface area contributed by atoms with Crippen LogP contribution in [-0.2, 0) is 23.3 Å². The van der Waals surface area contributed by atoms with Gasteiger partial charge < -0.3 is 10.5 Å². The van der Waals surface area contributed by atoms with E-state index < -0.39 is 70.6 Å². The van der Waals surface area contributed by atoms with Crippen LogP contribution in [0.25, 0.3) is 0 Å². The van der Waals surface area contributed by atoms with Crippen molar-refractivity contribution in [3.05, 3.63) is 64.2 Å². The monoisotopic (exact) mass is 613 g/mol. The van der Waals surface area contributed by atoms with Crippen molar-refractivity contribution in [1.29, 1.82) is 0 Å². The van der Waals surface area contributed by atoms with E-state index in [1.54, 1.807) is 6.92 Å². The number of ether oxygens (including phenoxy) is 1. The van der Waals surface area contributed by atoms with Crippen molar-refractivity contribution in [3.8, 4) is 0 Å². The summed E-state index contributed by atoms with van der Waals surface area (Å²) < 4.78 is 129. The summed E-state index contributed by atoms with van der Waals surface area (Å²) in [7, 11) is 1.19. The molecule has 16 heteroatoms. The van der Waals surface area contributed by atoms with Gasteiger partial charge in [0.25, 0.3) is 0 Å². The van der Waals surface area contributed by atoms with Crippen molar-refractivity contribution in [2.45, 2.75) is 63.1 Å². The largest absolute Gasteiger partial charge is 0.449 e. The molecule has 0 saturated heterocycles. The number of rotatable bonds is 6. The Hall–Kier alpha value is -3.69. The Labute approximate surface area is 234 Å². The van der Waals surface area contributed by atoms with Gasteiger partial charge >= 0.3 is 24.6 Å². The van der Waals surface area contributed by atoms with Crippen LogP contribution in [0, 0.1) is 0 Å². The zero-order valence-corrected chi connectivity index (χ0v) is 22.5. The number of carbonyl (C=O) groups excluding carboxylic acids is 1. The summed E-state index contributed by atoms with van der Waals surface area (Å²) >= 11 is 0. The zero-order chi connectivity index (χ0) is 31.8. The van der Waals surface area contributed by atoms with Crippen LogP contribution in [0.2, 0.25) is 0 Å². The first-order valence-electron chi connectivity index (χ1n) is 12.6. The Morgan fingerprint density at radius 3 is 1.98 bits per heavy atom. The number of benzene rings is 2. The van der Waals surface area contributed by atoms with E-state index in [1.165, 1.54) is 14.0 Å². The van der Waals surface area contributed by atoms with E-state index in [9.17, 15) is 44.3 Å². The van der Waals surface area contributed by atoms with Crippen LogP contribution in [0.4, 0.5) is 50.0 Å². The lowest BCUT2D eigenvalue weighted by Gasteiger charge is -2.43. The normalized spacial score (nSPS) is 18.9. The number of amides is 1. The molecular weight excluding hydrogens is 585 g/mol. The average Bonchev–Trinajstić information content (AvgIpc) is 2.86. The summed E-state index contributed by atoms with van der Waals surface area (Å²) in [4.78, 5) is 14.0. The Morgan fingerprint density at radius 1 is 0.976 bits per heavy atom. The van der Waals surface area contributed by atoms with E-state index in [0.29, 0.717) is 29.4 Å². The number of halogens is 9. The molecule has 7 nitrogen and oxygen atoms in total. The second kappa shape index (κ2) is 11.9. The van der Waals surface area contributed by atoms with Gasteiger partial charge in [-0.3, -0.25) is 4.90 Å². The SMILES string of the molecule is CCOC(=O)N1c2ccc(C(F)(F)F)cc2C([C@@H](/C(N)=N/N(C)N)c2cc(C(F)(F)F)cc(C(F)(F)F)c2)CC1CC. The van der Waals surface area contributed by atoms with Crippen molar-refractivity contribution >= 4 is 17.6 Å². The molecule has 0 spiro atoms. The Morgan fingerprint density at radius 2 is 1.52 bits per heavy atom. The molecule has 1 amide bonds. The van der Waals surface area contributed by atoms with Gasteiger partial charge in [-0.15, -0.1) is 5.10 Å². The maximum absolute atomic E-state index is 13.8. The highest BCUT2D eigenvalue weighted by Crippen LogP contribution is 2.50. The van der Waals surface area contributed by atoms with Gasteiger partial charge in [-0.25, -0.2) is 15.8 Å². The molecule has 0 aliphatic carbocycles. The molecule has 0 saturated carbocycles. The van der Waals surface area contributed by atoms with E-state index in [0.717, 1.165) is 11.0 Å². The van der Waals surface area contributed by atoms with Crippen molar-refractivity contribution in [2.75, 3.05) is 18.6 Å². The molecule has 1 aliphatic heterocycles. The fourth-order valence-electron chi connectivity index (χ4n) is 5.09. The first-order valence-corrected chi connectivity index (χ1v) is 12.6. The second-order valence-corrected chi connectivity index (χ2v) is 9.66. The lowest BCUT2D eigenvalue weighted by molar-refractivity contribution is -0.143. The van der Waals surface area contributed by atoms with Crippen LogP contribution in [-0.4, -0.2) is 36.7 Å². The average molecular weight is 614 g/mol. The van der Waals surface area contributed by atoms with Gasteiger partial charge in [0.05, 0.1) is 34.9 Å². The minimum absolute atomic E-state index is 0.0635. The Kier molecular flexibility index (Phi) is 9.29. The van der Waals surface area contributed by atoms with Crippen LogP contribution in [0.15, 0.2) is 41.5 Å². The molecule has 2 aromatic carbocycles. The number of hydrazone groups is 1. The predicted octanol–water partition coefficient (Wildman–Crippen LogP) is 6.83. The molecule has 2 aromatic rings. The third-order valence-electron chi connectivity index (χ3n) is 6.80. The summed E-state index contributed by atoms with van der Waals surface area (Å²) in [5.74, 6) is 2.10. The van der Waals surface area contributed by atoms with E-state index in [4.69, 9.17) is 16.3 Å². The van der Waals surface area contributed by atoms with E-state index in [1.807, 2.05) is 0 Å². The highest BCUT2D eigenvalue weighted by atomic mass is 19.4. The third-order valence-corrected chi connectivity index (χ3v) is 6.80. The molecule has 0 aromatic heterocycles. The first kappa shape index (κ1) is 32.8. The summed E-state index contributed by atoms with van der Waals surface area (Å²) in [5, 5.41) is 4.47. The topological polar surface area (TPSA) is 97.2 Å². The zero-order valence-electron chi connectivity index (χ0n) is 22.5. The molecule has 0 bridgehead atoms. The van der Waals surface area contributed by atoms with Crippen molar-refractivity contribution in [1.82, 2.24) is 5.12 Å². The van der Waals surface area contributed by atoms with Gasteiger partial charge in [0.15, 0.2) is 0 Å². The first-order chi connectivity index (χ1) is 19.3. The van der Waals surface area contributed by atoms with Crippen LogP contribution in [0.1, 0.15) is 66.3 Å². The summed E-state index contributed by atoms with van der Waals surface area (Å²) in [5.41, 5.74) is 0.833. The van der Waals surface area contributed by atoms with Gasteiger partial charge in [0.1, 0.15) is 5.84 Å².